The van der Waals surface area contributed by atoms with Crippen molar-refractivity contribution in [2.75, 3.05) is 13.7 Å². The topological polar surface area (TPSA) is 35.2 Å². The molecule has 0 atom stereocenters. The third-order valence-electron chi connectivity index (χ3n) is 2.28. The standard InChI is InChI=1S/C11H15ClFNO/c1-7-6-9(12)11(15-2)8(10(7)13)4-3-5-14/h6H,3-5,14H2,1-2H3. The predicted octanol–water partition coefficient (Wildman–Crippen LogP) is 2.69. The second-order valence-electron chi connectivity index (χ2n) is 3.39. The van der Waals surface area contributed by atoms with E-state index in [-0.39, 0.29) is 5.82 Å². The number of hydrogen-bond donors (Lipinski definition) is 1. The Morgan fingerprint density at radius 1 is 1.53 bits per heavy atom. The van der Waals surface area contributed by atoms with Gasteiger partial charge >= 0.3 is 0 Å². The predicted molar refractivity (Wildman–Crippen MR) is 60.1 cm³/mol. The normalized spacial score (nSPS) is 10.5. The third kappa shape index (κ3) is 2.61. The van der Waals surface area contributed by atoms with Crippen LogP contribution in [-0.2, 0) is 6.42 Å². The minimum absolute atomic E-state index is 0.246. The summed E-state index contributed by atoms with van der Waals surface area (Å²) in [5.41, 5.74) is 6.45. The monoisotopic (exact) mass is 231 g/mol. The van der Waals surface area contributed by atoms with Crippen LogP contribution in [-0.4, -0.2) is 13.7 Å². The molecule has 0 aliphatic rings. The van der Waals surface area contributed by atoms with E-state index in [4.69, 9.17) is 22.1 Å². The third-order valence-corrected chi connectivity index (χ3v) is 2.56. The van der Waals surface area contributed by atoms with Gasteiger partial charge in [-0.15, -0.1) is 0 Å². The highest BCUT2D eigenvalue weighted by Crippen LogP contribution is 2.33. The van der Waals surface area contributed by atoms with Gasteiger partial charge in [0.15, 0.2) is 0 Å². The summed E-state index contributed by atoms with van der Waals surface area (Å²) in [6.45, 7) is 2.21. The molecule has 2 N–H and O–H groups in total. The fourth-order valence-electron chi connectivity index (χ4n) is 1.52. The van der Waals surface area contributed by atoms with E-state index in [1.165, 1.54) is 7.11 Å². The maximum atomic E-state index is 13.8. The molecule has 0 amide bonds. The first-order valence-electron chi connectivity index (χ1n) is 4.83. The van der Waals surface area contributed by atoms with Crippen LogP contribution in [0, 0.1) is 12.7 Å². The maximum Gasteiger partial charge on any atom is 0.143 e. The van der Waals surface area contributed by atoms with Gasteiger partial charge in [-0.3, -0.25) is 0 Å². The van der Waals surface area contributed by atoms with Crippen molar-refractivity contribution >= 4 is 11.6 Å². The zero-order valence-corrected chi connectivity index (χ0v) is 9.70. The number of ether oxygens (including phenoxy) is 1. The Balaban J connectivity index is 3.18. The number of benzene rings is 1. The lowest BCUT2D eigenvalue weighted by Crippen LogP contribution is -2.04. The van der Waals surface area contributed by atoms with E-state index in [1.807, 2.05) is 0 Å². The Labute approximate surface area is 94.2 Å². The van der Waals surface area contributed by atoms with Crippen molar-refractivity contribution in [3.63, 3.8) is 0 Å². The van der Waals surface area contributed by atoms with Crippen LogP contribution in [0.25, 0.3) is 0 Å². The summed E-state index contributed by atoms with van der Waals surface area (Å²) in [6.07, 6.45) is 1.26. The highest BCUT2D eigenvalue weighted by atomic mass is 35.5. The van der Waals surface area contributed by atoms with Gasteiger partial charge in [0, 0.05) is 5.56 Å². The summed E-state index contributed by atoms with van der Waals surface area (Å²) in [5.74, 6) is 0.179. The van der Waals surface area contributed by atoms with Crippen molar-refractivity contribution in [2.24, 2.45) is 5.73 Å². The Bertz CT molecular complexity index is 355. The molecule has 0 saturated carbocycles. The van der Waals surface area contributed by atoms with Crippen molar-refractivity contribution in [1.29, 1.82) is 0 Å². The molecule has 0 aliphatic carbocycles. The van der Waals surface area contributed by atoms with Crippen LogP contribution in [0.1, 0.15) is 17.5 Å². The zero-order chi connectivity index (χ0) is 11.4. The average molecular weight is 232 g/mol. The molecule has 84 valence electrons. The molecule has 2 nitrogen and oxygen atoms in total. The second-order valence-corrected chi connectivity index (χ2v) is 3.80. The molecule has 1 rings (SSSR count). The molecule has 0 saturated heterocycles. The van der Waals surface area contributed by atoms with Crippen molar-refractivity contribution in [3.8, 4) is 5.75 Å². The van der Waals surface area contributed by atoms with Crippen LogP contribution < -0.4 is 10.5 Å². The first-order valence-corrected chi connectivity index (χ1v) is 5.21. The minimum Gasteiger partial charge on any atom is -0.495 e. The van der Waals surface area contributed by atoms with Crippen LogP contribution >= 0.6 is 11.6 Å². The molecule has 0 heterocycles. The number of methoxy groups -OCH3 is 1. The molecule has 4 heteroatoms. The smallest absolute Gasteiger partial charge is 0.143 e. The van der Waals surface area contributed by atoms with Gasteiger partial charge in [0.25, 0.3) is 0 Å². The van der Waals surface area contributed by atoms with Crippen LogP contribution in [0.2, 0.25) is 5.02 Å². The van der Waals surface area contributed by atoms with E-state index in [9.17, 15) is 4.39 Å². The van der Waals surface area contributed by atoms with E-state index >= 15 is 0 Å². The Kier molecular flexibility index (Phi) is 4.36. The first-order chi connectivity index (χ1) is 7.11. The van der Waals surface area contributed by atoms with Crippen LogP contribution in [0.4, 0.5) is 4.39 Å². The van der Waals surface area contributed by atoms with Crippen molar-refractivity contribution in [3.05, 3.63) is 28.0 Å². The first kappa shape index (κ1) is 12.3. The molecule has 0 spiro atoms. The Morgan fingerprint density at radius 3 is 2.73 bits per heavy atom. The van der Waals surface area contributed by atoms with Gasteiger partial charge in [-0.1, -0.05) is 11.6 Å². The van der Waals surface area contributed by atoms with Crippen LogP contribution in [0.5, 0.6) is 5.75 Å². The number of halogens is 2. The lowest BCUT2D eigenvalue weighted by molar-refractivity contribution is 0.403. The fourth-order valence-corrected chi connectivity index (χ4v) is 1.88. The molecule has 0 bridgehead atoms. The van der Waals surface area contributed by atoms with Crippen molar-refractivity contribution < 1.29 is 9.13 Å². The van der Waals surface area contributed by atoms with E-state index < -0.39 is 0 Å². The number of rotatable bonds is 4. The Hall–Kier alpha value is -0.800. The highest BCUT2D eigenvalue weighted by molar-refractivity contribution is 6.32. The molecule has 1 aromatic carbocycles. The molecule has 0 aliphatic heterocycles. The summed E-state index contributed by atoms with van der Waals surface area (Å²) in [5, 5.41) is 0.448. The molecule has 0 aromatic heterocycles. The van der Waals surface area contributed by atoms with E-state index in [0.717, 1.165) is 0 Å². The quantitative estimate of drug-likeness (QED) is 0.865. The summed E-state index contributed by atoms with van der Waals surface area (Å²) < 4.78 is 18.9. The lowest BCUT2D eigenvalue weighted by Gasteiger charge is -2.12. The van der Waals surface area contributed by atoms with Crippen LogP contribution in [0.15, 0.2) is 6.07 Å². The average Bonchev–Trinajstić information content (AvgIpc) is 2.21. The SMILES string of the molecule is COc1c(Cl)cc(C)c(F)c1CCCN. The molecule has 0 fully saturated rings. The summed E-state index contributed by atoms with van der Waals surface area (Å²) in [7, 11) is 1.49. The van der Waals surface area contributed by atoms with Gasteiger partial charge in [0.2, 0.25) is 0 Å². The molecule has 0 unspecified atom stereocenters. The van der Waals surface area contributed by atoms with Crippen LogP contribution in [0.3, 0.4) is 0 Å². The summed E-state index contributed by atoms with van der Waals surface area (Å²) in [4.78, 5) is 0. The van der Waals surface area contributed by atoms with Gasteiger partial charge in [0.1, 0.15) is 11.6 Å². The summed E-state index contributed by atoms with van der Waals surface area (Å²) in [6, 6.07) is 1.57. The van der Waals surface area contributed by atoms with E-state index in [0.29, 0.717) is 41.3 Å². The van der Waals surface area contributed by atoms with Gasteiger partial charge in [-0.25, -0.2) is 4.39 Å². The second kappa shape index (κ2) is 5.33. The molecule has 1 aromatic rings. The molecule has 0 radical (unpaired) electrons. The van der Waals surface area contributed by atoms with E-state index in [2.05, 4.69) is 0 Å². The van der Waals surface area contributed by atoms with Gasteiger partial charge in [-0.2, -0.15) is 0 Å². The van der Waals surface area contributed by atoms with Gasteiger partial charge in [0.05, 0.1) is 12.1 Å². The van der Waals surface area contributed by atoms with Crippen molar-refractivity contribution in [1.82, 2.24) is 0 Å². The minimum atomic E-state index is -0.246. The molecule has 15 heavy (non-hydrogen) atoms. The van der Waals surface area contributed by atoms with Crippen molar-refractivity contribution in [2.45, 2.75) is 19.8 Å². The largest absolute Gasteiger partial charge is 0.495 e. The maximum absolute atomic E-state index is 13.8. The number of nitrogens with two attached hydrogens (primary N) is 1. The number of hydrogen-bond acceptors (Lipinski definition) is 2. The van der Waals surface area contributed by atoms with Gasteiger partial charge in [-0.05, 0) is 37.9 Å². The zero-order valence-electron chi connectivity index (χ0n) is 8.94. The lowest BCUT2D eigenvalue weighted by atomic mass is 10.0. The highest BCUT2D eigenvalue weighted by Gasteiger charge is 2.15. The summed E-state index contributed by atoms with van der Waals surface area (Å²) >= 11 is 5.96. The van der Waals surface area contributed by atoms with Gasteiger partial charge < -0.3 is 10.5 Å². The number of aryl methyl sites for hydroxylation is 1. The Morgan fingerprint density at radius 2 is 2.20 bits per heavy atom. The van der Waals surface area contributed by atoms with E-state index in [1.54, 1.807) is 13.0 Å². The fraction of sp³-hybridized carbons (Fsp3) is 0.455. The molecular weight excluding hydrogens is 217 g/mol. The molecular formula is C11H15ClFNO.